The summed E-state index contributed by atoms with van der Waals surface area (Å²) in [5, 5.41) is 3.61. The molecule has 0 fully saturated rings. The van der Waals surface area contributed by atoms with E-state index in [1.165, 1.54) is 24.0 Å². The van der Waals surface area contributed by atoms with Crippen LogP contribution in [0.4, 0.5) is 4.39 Å². The summed E-state index contributed by atoms with van der Waals surface area (Å²) in [6.45, 7) is 3.40. The van der Waals surface area contributed by atoms with E-state index in [2.05, 4.69) is 24.4 Å². The van der Waals surface area contributed by atoms with E-state index in [-0.39, 0.29) is 6.67 Å². The second-order valence-corrected chi connectivity index (χ2v) is 5.11. The number of fused-ring (bicyclic) bond motifs is 1. The Kier molecular flexibility index (Phi) is 5.64. The average Bonchev–Trinajstić information content (AvgIpc) is 2.45. The Bertz CT molecular complexity index is 394. The third kappa shape index (κ3) is 3.69. The molecule has 0 amide bonds. The maximum atomic E-state index is 12.1. The van der Waals surface area contributed by atoms with Gasteiger partial charge in [-0.3, -0.25) is 4.39 Å². The smallest absolute Gasteiger partial charge is 0.122 e. The predicted molar refractivity (Wildman–Crippen MR) is 76.5 cm³/mol. The number of alkyl halides is 1. The summed E-state index contributed by atoms with van der Waals surface area (Å²) in [7, 11) is 0. The highest BCUT2D eigenvalue weighted by Crippen LogP contribution is 2.35. The largest absolute Gasteiger partial charge is 0.493 e. The molecule has 1 unspecified atom stereocenters. The van der Waals surface area contributed by atoms with Crippen molar-refractivity contribution in [3.8, 4) is 5.75 Å². The van der Waals surface area contributed by atoms with Crippen LogP contribution in [0, 0.1) is 0 Å². The molecule has 2 nitrogen and oxygen atoms in total. The molecule has 0 heterocycles. The molecule has 1 aromatic carbocycles. The van der Waals surface area contributed by atoms with Gasteiger partial charge in [0.05, 0.1) is 13.3 Å². The SMILES string of the molecule is CCCNC1CCCc2c(OCCCF)cccc21. The minimum absolute atomic E-state index is 0.310. The first kappa shape index (κ1) is 14.3. The van der Waals surface area contributed by atoms with Crippen LogP contribution >= 0.6 is 0 Å². The summed E-state index contributed by atoms with van der Waals surface area (Å²) in [6, 6.07) is 6.71. The van der Waals surface area contributed by atoms with E-state index in [0.29, 0.717) is 19.1 Å². The fourth-order valence-corrected chi connectivity index (χ4v) is 2.72. The summed E-state index contributed by atoms with van der Waals surface area (Å²) in [6.07, 6.45) is 5.09. The molecule has 1 atom stereocenters. The van der Waals surface area contributed by atoms with Crippen LogP contribution in [0.15, 0.2) is 18.2 Å². The van der Waals surface area contributed by atoms with Crippen molar-refractivity contribution in [2.45, 2.75) is 45.1 Å². The fraction of sp³-hybridized carbons (Fsp3) is 0.625. The third-order valence-electron chi connectivity index (χ3n) is 3.64. The second-order valence-electron chi connectivity index (χ2n) is 5.11. The first-order valence-electron chi connectivity index (χ1n) is 7.40. The standard InChI is InChI=1S/C16H24FNO/c1-2-11-18-15-8-3-7-14-13(15)6-4-9-16(14)19-12-5-10-17/h4,6,9,15,18H,2-3,5,7-8,10-12H2,1H3. The Morgan fingerprint density at radius 3 is 3.11 bits per heavy atom. The summed E-state index contributed by atoms with van der Waals surface area (Å²) < 4.78 is 17.9. The van der Waals surface area contributed by atoms with Crippen LogP contribution in [-0.4, -0.2) is 19.8 Å². The molecule has 0 saturated carbocycles. The van der Waals surface area contributed by atoms with Crippen molar-refractivity contribution in [2.75, 3.05) is 19.8 Å². The quantitative estimate of drug-likeness (QED) is 0.757. The van der Waals surface area contributed by atoms with Gasteiger partial charge in [-0.05, 0) is 49.4 Å². The molecule has 106 valence electrons. The maximum absolute atomic E-state index is 12.1. The van der Waals surface area contributed by atoms with E-state index in [1.54, 1.807) is 0 Å². The molecule has 0 spiro atoms. The second kappa shape index (κ2) is 7.49. The van der Waals surface area contributed by atoms with Crippen LogP contribution in [0.3, 0.4) is 0 Å². The summed E-state index contributed by atoms with van der Waals surface area (Å²) in [4.78, 5) is 0. The molecule has 1 aromatic rings. The Morgan fingerprint density at radius 2 is 2.32 bits per heavy atom. The lowest BCUT2D eigenvalue weighted by atomic mass is 9.87. The van der Waals surface area contributed by atoms with Crippen molar-refractivity contribution < 1.29 is 9.13 Å². The van der Waals surface area contributed by atoms with E-state index in [1.807, 2.05) is 6.07 Å². The lowest BCUT2D eigenvalue weighted by Crippen LogP contribution is -2.26. The normalized spacial score (nSPS) is 18.1. The first-order chi connectivity index (χ1) is 9.36. The minimum atomic E-state index is -0.310. The molecule has 0 radical (unpaired) electrons. The van der Waals surface area contributed by atoms with Crippen molar-refractivity contribution in [3.63, 3.8) is 0 Å². The number of hydrogen-bond acceptors (Lipinski definition) is 2. The van der Waals surface area contributed by atoms with Crippen LogP contribution in [0.2, 0.25) is 0 Å². The zero-order chi connectivity index (χ0) is 13.5. The molecule has 3 heteroatoms. The number of halogens is 1. The molecule has 1 N–H and O–H groups in total. The zero-order valence-corrected chi connectivity index (χ0v) is 11.8. The van der Waals surface area contributed by atoms with Crippen molar-refractivity contribution in [3.05, 3.63) is 29.3 Å². The Balaban J connectivity index is 2.11. The van der Waals surface area contributed by atoms with Crippen molar-refractivity contribution in [1.29, 1.82) is 0 Å². The predicted octanol–water partition coefficient (Wildman–Crippen LogP) is 3.80. The molecule has 0 bridgehead atoms. The Labute approximate surface area is 115 Å². The minimum Gasteiger partial charge on any atom is -0.493 e. The highest BCUT2D eigenvalue weighted by atomic mass is 19.1. The lowest BCUT2D eigenvalue weighted by Gasteiger charge is -2.28. The van der Waals surface area contributed by atoms with Gasteiger partial charge in [-0.1, -0.05) is 19.1 Å². The number of rotatable bonds is 7. The van der Waals surface area contributed by atoms with E-state index >= 15 is 0 Å². The van der Waals surface area contributed by atoms with Gasteiger partial charge in [-0.25, -0.2) is 0 Å². The molecular formula is C16H24FNO. The van der Waals surface area contributed by atoms with Crippen molar-refractivity contribution >= 4 is 0 Å². The van der Waals surface area contributed by atoms with Gasteiger partial charge in [-0.15, -0.1) is 0 Å². The monoisotopic (exact) mass is 265 g/mol. The van der Waals surface area contributed by atoms with Gasteiger partial charge in [0.15, 0.2) is 0 Å². The number of benzene rings is 1. The highest BCUT2D eigenvalue weighted by molar-refractivity contribution is 5.43. The van der Waals surface area contributed by atoms with Gasteiger partial charge in [0.2, 0.25) is 0 Å². The Hall–Kier alpha value is -1.09. The molecule has 1 aliphatic carbocycles. The van der Waals surface area contributed by atoms with Crippen LogP contribution in [0.25, 0.3) is 0 Å². The molecule has 0 saturated heterocycles. The molecule has 1 aliphatic rings. The van der Waals surface area contributed by atoms with E-state index in [0.717, 1.165) is 25.1 Å². The van der Waals surface area contributed by atoms with Gasteiger partial charge in [0, 0.05) is 12.5 Å². The molecule has 0 aromatic heterocycles. The number of ether oxygens (including phenoxy) is 1. The van der Waals surface area contributed by atoms with Crippen LogP contribution in [0.1, 0.15) is 49.8 Å². The summed E-state index contributed by atoms with van der Waals surface area (Å²) >= 11 is 0. The van der Waals surface area contributed by atoms with E-state index in [4.69, 9.17) is 4.74 Å². The van der Waals surface area contributed by atoms with Crippen molar-refractivity contribution in [2.24, 2.45) is 0 Å². The van der Waals surface area contributed by atoms with Crippen LogP contribution in [0.5, 0.6) is 5.75 Å². The van der Waals surface area contributed by atoms with E-state index in [9.17, 15) is 4.39 Å². The number of hydrogen-bond donors (Lipinski definition) is 1. The third-order valence-corrected chi connectivity index (χ3v) is 3.64. The van der Waals surface area contributed by atoms with Gasteiger partial charge < -0.3 is 10.1 Å². The topological polar surface area (TPSA) is 21.3 Å². The van der Waals surface area contributed by atoms with Gasteiger partial charge >= 0.3 is 0 Å². The van der Waals surface area contributed by atoms with Gasteiger partial charge in [-0.2, -0.15) is 0 Å². The maximum Gasteiger partial charge on any atom is 0.122 e. The first-order valence-corrected chi connectivity index (χ1v) is 7.40. The molecule has 2 rings (SSSR count). The average molecular weight is 265 g/mol. The van der Waals surface area contributed by atoms with Crippen LogP contribution < -0.4 is 10.1 Å². The van der Waals surface area contributed by atoms with Gasteiger partial charge in [0.25, 0.3) is 0 Å². The molecule has 19 heavy (non-hydrogen) atoms. The molecule has 0 aliphatic heterocycles. The summed E-state index contributed by atoms with van der Waals surface area (Å²) in [5.74, 6) is 0.953. The summed E-state index contributed by atoms with van der Waals surface area (Å²) in [5.41, 5.74) is 2.69. The zero-order valence-electron chi connectivity index (χ0n) is 11.8. The highest BCUT2D eigenvalue weighted by Gasteiger charge is 2.22. The van der Waals surface area contributed by atoms with Crippen LogP contribution in [-0.2, 0) is 6.42 Å². The molecular weight excluding hydrogens is 241 g/mol. The fourth-order valence-electron chi connectivity index (χ4n) is 2.72. The number of nitrogens with one attached hydrogen (secondary N) is 1. The Morgan fingerprint density at radius 1 is 1.42 bits per heavy atom. The van der Waals surface area contributed by atoms with E-state index < -0.39 is 0 Å². The lowest BCUT2D eigenvalue weighted by molar-refractivity contribution is 0.284. The van der Waals surface area contributed by atoms with Gasteiger partial charge in [0.1, 0.15) is 5.75 Å². The van der Waals surface area contributed by atoms with Crippen molar-refractivity contribution in [1.82, 2.24) is 5.32 Å².